The summed E-state index contributed by atoms with van der Waals surface area (Å²) < 4.78 is 4.34. The summed E-state index contributed by atoms with van der Waals surface area (Å²) >= 11 is 0. The third-order valence-electron chi connectivity index (χ3n) is 2.69. The second kappa shape index (κ2) is 8.88. The van der Waals surface area contributed by atoms with Gasteiger partial charge in [-0.25, -0.2) is 4.79 Å². The summed E-state index contributed by atoms with van der Waals surface area (Å²) in [5.74, 6) is -1.09. The van der Waals surface area contributed by atoms with E-state index in [0.29, 0.717) is 0 Å². The van der Waals surface area contributed by atoms with Gasteiger partial charge in [0, 0.05) is 12.0 Å². The molecule has 1 amide bonds. The van der Waals surface area contributed by atoms with Gasteiger partial charge >= 0.3 is 5.97 Å². The van der Waals surface area contributed by atoms with Crippen molar-refractivity contribution in [2.45, 2.75) is 45.3 Å². The maximum Gasteiger partial charge on any atom is 0.336 e. The molecule has 0 spiro atoms. The molecule has 0 heterocycles. The number of aliphatic hydroxyl groups is 1. The monoisotopic (exact) mass is 260 g/mol. The number of methoxy groups -OCH3 is 1. The van der Waals surface area contributed by atoms with Crippen LogP contribution in [0.25, 0.3) is 0 Å². The Balaban J connectivity index is 3.84. The van der Waals surface area contributed by atoms with E-state index in [0.717, 1.165) is 19.3 Å². The number of aliphatic hydroxyl groups excluding tert-OH is 1. The molecule has 0 radical (unpaired) electrons. The van der Waals surface area contributed by atoms with Gasteiger partial charge in [0.15, 0.2) is 6.10 Å². The lowest BCUT2D eigenvalue weighted by Gasteiger charge is -2.14. The number of nitrogens with two attached hydrogens (primary N) is 1. The molecule has 106 valence electrons. The predicted octanol–water partition coefficient (Wildman–Crippen LogP) is -0.210. The lowest BCUT2D eigenvalue weighted by molar-refractivity contribution is -0.150. The van der Waals surface area contributed by atoms with Gasteiger partial charge in [-0.15, -0.1) is 0 Å². The average Bonchev–Trinajstić information content (AvgIpc) is 2.33. The standard InChI is InChI=1S/C12H24N2O4/c1-8(5-4-6-9(2)13)11(16)14-7-10(15)12(17)18-3/h8-10,15H,4-7,13H2,1-3H3,(H,14,16). The Kier molecular flexibility index (Phi) is 8.32. The smallest absolute Gasteiger partial charge is 0.336 e. The molecule has 6 nitrogen and oxygen atoms in total. The zero-order chi connectivity index (χ0) is 14.1. The molecule has 4 N–H and O–H groups in total. The van der Waals surface area contributed by atoms with Gasteiger partial charge in [0.2, 0.25) is 5.91 Å². The fourth-order valence-electron chi connectivity index (χ4n) is 1.47. The first-order chi connectivity index (χ1) is 8.38. The lowest BCUT2D eigenvalue weighted by atomic mass is 10.0. The van der Waals surface area contributed by atoms with E-state index in [1.807, 2.05) is 6.92 Å². The number of amides is 1. The summed E-state index contributed by atoms with van der Waals surface area (Å²) in [5.41, 5.74) is 5.62. The van der Waals surface area contributed by atoms with Crippen molar-refractivity contribution in [1.82, 2.24) is 5.32 Å². The Hall–Kier alpha value is -1.14. The zero-order valence-electron chi connectivity index (χ0n) is 11.3. The molecule has 0 aromatic carbocycles. The average molecular weight is 260 g/mol. The molecule has 0 aromatic rings. The molecule has 0 rings (SSSR count). The molecule has 0 aliphatic rings. The normalized spacial score (nSPS) is 15.6. The van der Waals surface area contributed by atoms with Crippen LogP contribution in [0.1, 0.15) is 33.1 Å². The van der Waals surface area contributed by atoms with Crippen molar-refractivity contribution in [1.29, 1.82) is 0 Å². The molecule has 0 saturated carbocycles. The van der Waals surface area contributed by atoms with Crippen LogP contribution in [0.4, 0.5) is 0 Å². The Morgan fingerprint density at radius 1 is 1.33 bits per heavy atom. The molecule has 18 heavy (non-hydrogen) atoms. The summed E-state index contributed by atoms with van der Waals surface area (Å²) in [6.07, 6.45) is 1.19. The number of rotatable bonds is 8. The highest BCUT2D eigenvalue weighted by atomic mass is 16.5. The van der Waals surface area contributed by atoms with Crippen LogP contribution in [0.2, 0.25) is 0 Å². The Morgan fingerprint density at radius 3 is 2.44 bits per heavy atom. The van der Waals surface area contributed by atoms with Crippen molar-refractivity contribution in [2.24, 2.45) is 11.7 Å². The zero-order valence-corrected chi connectivity index (χ0v) is 11.3. The predicted molar refractivity (Wildman–Crippen MR) is 67.7 cm³/mol. The summed E-state index contributed by atoms with van der Waals surface area (Å²) in [6.45, 7) is 3.61. The van der Waals surface area contributed by atoms with E-state index in [9.17, 15) is 14.7 Å². The van der Waals surface area contributed by atoms with Crippen molar-refractivity contribution < 1.29 is 19.4 Å². The van der Waals surface area contributed by atoms with Crippen LogP contribution in [-0.2, 0) is 14.3 Å². The van der Waals surface area contributed by atoms with Crippen LogP contribution in [0.3, 0.4) is 0 Å². The lowest BCUT2D eigenvalue weighted by Crippen LogP contribution is -2.39. The van der Waals surface area contributed by atoms with Crippen LogP contribution in [0.15, 0.2) is 0 Å². The van der Waals surface area contributed by atoms with Gasteiger partial charge in [0.05, 0.1) is 13.7 Å². The van der Waals surface area contributed by atoms with Gasteiger partial charge < -0.3 is 20.9 Å². The van der Waals surface area contributed by atoms with Crippen molar-refractivity contribution in [3.8, 4) is 0 Å². The minimum atomic E-state index is -1.31. The molecule has 0 aliphatic carbocycles. The SMILES string of the molecule is COC(=O)C(O)CNC(=O)C(C)CCCC(C)N. The number of ether oxygens (including phenoxy) is 1. The van der Waals surface area contributed by atoms with E-state index < -0.39 is 12.1 Å². The Morgan fingerprint density at radius 2 is 1.94 bits per heavy atom. The number of hydrogen-bond donors (Lipinski definition) is 3. The topological polar surface area (TPSA) is 102 Å². The van der Waals surface area contributed by atoms with E-state index in [2.05, 4.69) is 10.1 Å². The van der Waals surface area contributed by atoms with Crippen LogP contribution < -0.4 is 11.1 Å². The van der Waals surface area contributed by atoms with Crippen LogP contribution in [0, 0.1) is 5.92 Å². The van der Waals surface area contributed by atoms with Gasteiger partial charge in [0.1, 0.15) is 0 Å². The van der Waals surface area contributed by atoms with E-state index in [4.69, 9.17) is 5.73 Å². The molecule has 3 atom stereocenters. The summed E-state index contributed by atoms with van der Waals surface area (Å²) in [5, 5.41) is 11.8. The molecule has 0 fully saturated rings. The molecular formula is C12H24N2O4. The fourth-order valence-corrected chi connectivity index (χ4v) is 1.47. The van der Waals surface area contributed by atoms with E-state index in [1.54, 1.807) is 6.92 Å². The largest absolute Gasteiger partial charge is 0.467 e. The van der Waals surface area contributed by atoms with E-state index >= 15 is 0 Å². The molecule has 0 aliphatic heterocycles. The van der Waals surface area contributed by atoms with Crippen LogP contribution in [-0.4, -0.2) is 42.8 Å². The number of carbonyl (C=O) groups is 2. The maximum absolute atomic E-state index is 11.6. The van der Waals surface area contributed by atoms with E-state index in [1.165, 1.54) is 7.11 Å². The number of carbonyl (C=O) groups excluding carboxylic acids is 2. The first kappa shape index (κ1) is 16.9. The first-order valence-electron chi connectivity index (χ1n) is 6.17. The summed E-state index contributed by atoms with van der Waals surface area (Å²) in [7, 11) is 1.18. The van der Waals surface area contributed by atoms with Gasteiger partial charge in [-0.3, -0.25) is 4.79 Å². The minimum absolute atomic E-state index is 0.122. The second-order valence-corrected chi connectivity index (χ2v) is 4.59. The highest BCUT2D eigenvalue weighted by Gasteiger charge is 2.18. The van der Waals surface area contributed by atoms with Gasteiger partial charge in [0.25, 0.3) is 0 Å². The van der Waals surface area contributed by atoms with Crippen LogP contribution >= 0.6 is 0 Å². The summed E-state index contributed by atoms with van der Waals surface area (Å²) in [4.78, 5) is 22.5. The van der Waals surface area contributed by atoms with Crippen molar-refractivity contribution in [3.05, 3.63) is 0 Å². The number of nitrogens with one attached hydrogen (secondary N) is 1. The molecule has 0 aromatic heterocycles. The summed E-state index contributed by atoms with van der Waals surface area (Å²) in [6, 6.07) is 0.140. The molecule has 6 heteroatoms. The minimum Gasteiger partial charge on any atom is -0.467 e. The highest BCUT2D eigenvalue weighted by Crippen LogP contribution is 2.08. The molecule has 3 unspecified atom stereocenters. The highest BCUT2D eigenvalue weighted by molar-refractivity contribution is 5.80. The molecular weight excluding hydrogens is 236 g/mol. The maximum atomic E-state index is 11.6. The van der Waals surface area contributed by atoms with Gasteiger partial charge in [-0.2, -0.15) is 0 Å². The van der Waals surface area contributed by atoms with Crippen molar-refractivity contribution in [3.63, 3.8) is 0 Å². The van der Waals surface area contributed by atoms with Gasteiger partial charge in [-0.1, -0.05) is 13.3 Å². The van der Waals surface area contributed by atoms with Gasteiger partial charge in [-0.05, 0) is 19.8 Å². The van der Waals surface area contributed by atoms with Crippen molar-refractivity contribution in [2.75, 3.05) is 13.7 Å². The third-order valence-corrected chi connectivity index (χ3v) is 2.69. The van der Waals surface area contributed by atoms with Crippen LogP contribution in [0.5, 0.6) is 0 Å². The quantitative estimate of drug-likeness (QED) is 0.524. The second-order valence-electron chi connectivity index (χ2n) is 4.59. The molecule has 0 saturated heterocycles. The Bertz CT molecular complexity index is 269. The fraction of sp³-hybridized carbons (Fsp3) is 0.833. The first-order valence-corrected chi connectivity index (χ1v) is 6.17. The van der Waals surface area contributed by atoms with E-state index in [-0.39, 0.29) is 24.4 Å². The number of esters is 1. The molecule has 0 bridgehead atoms. The third kappa shape index (κ3) is 7.24. The Labute approximate surface area is 108 Å². The number of hydrogen-bond acceptors (Lipinski definition) is 5. The van der Waals surface area contributed by atoms with Crippen molar-refractivity contribution >= 4 is 11.9 Å².